The Morgan fingerprint density at radius 3 is 3.19 bits per heavy atom. The van der Waals surface area contributed by atoms with Crippen LogP contribution in [0.1, 0.15) is 18.5 Å². The highest BCUT2D eigenvalue weighted by atomic mass is 15.4. The predicted molar refractivity (Wildman–Crippen MR) is 81.1 cm³/mol. The number of fused-ring (bicyclic) bond motifs is 1. The first-order chi connectivity index (χ1) is 10.3. The van der Waals surface area contributed by atoms with Crippen molar-refractivity contribution in [1.82, 2.24) is 25.5 Å². The van der Waals surface area contributed by atoms with Crippen molar-refractivity contribution in [2.24, 2.45) is 5.92 Å². The highest BCUT2D eigenvalue weighted by Crippen LogP contribution is 2.30. The quantitative estimate of drug-likeness (QED) is 0.871. The average molecular weight is 284 g/mol. The van der Waals surface area contributed by atoms with Gasteiger partial charge in [-0.05, 0) is 37.8 Å². The first-order valence-corrected chi connectivity index (χ1v) is 7.64. The summed E-state index contributed by atoms with van der Waals surface area (Å²) in [6, 6.07) is 4.50. The predicted octanol–water partition coefficient (Wildman–Crippen LogP) is 1.36. The van der Waals surface area contributed by atoms with Crippen molar-refractivity contribution in [2.45, 2.75) is 25.8 Å². The Balaban J connectivity index is 1.64. The molecule has 2 fully saturated rings. The van der Waals surface area contributed by atoms with Crippen LogP contribution in [0.4, 0.5) is 5.95 Å². The second kappa shape index (κ2) is 5.11. The summed E-state index contributed by atoms with van der Waals surface area (Å²) in [7, 11) is 0. The van der Waals surface area contributed by atoms with Crippen LogP contribution in [-0.4, -0.2) is 45.8 Å². The Labute approximate surface area is 124 Å². The van der Waals surface area contributed by atoms with E-state index in [4.69, 9.17) is 4.98 Å². The number of aromatic nitrogens is 4. The molecule has 4 rings (SSSR count). The molecule has 2 atom stereocenters. The van der Waals surface area contributed by atoms with Gasteiger partial charge in [0.05, 0.1) is 0 Å². The Kier molecular flexibility index (Phi) is 3.11. The van der Waals surface area contributed by atoms with E-state index in [0.717, 1.165) is 48.6 Å². The van der Waals surface area contributed by atoms with E-state index in [9.17, 15) is 0 Å². The largest absolute Gasteiger partial charge is 0.335 e. The van der Waals surface area contributed by atoms with Gasteiger partial charge in [0.1, 0.15) is 0 Å². The minimum atomic E-state index is 0.539. The van der Waals surface area contributed by atoms with Gasteiger partial charge in [0.25, 0.3) is 0 Å². The smallest absolute Gasteiger partial charge is 0.245 e. The molecule has 6 heteroatoms. The van der Waals surface area contributed by atoms with Gasteiger partial charge in [-0.15, -0.1) is 5.10 Å². The molecular weight excluding hydrogens is 264 g/mol. The van der Waals surface area contributed by atoms with E-state index in [1.54, 1.807) is 6.20 Å². The molecule has 2 N–H and O–H groups in total. The Morgan fingerprint density at radius 1 is 1.33 bits per heavy atom. The summed E-state index contributed by atoms with van der Waals surface area (Å²) < 4.78 is 0. The molecule has 110 valence electrons. The Hall–Kier alpha value is -1.95. The van der Waals surface area contributed by atoms with E-state index in [1.807, 2.05) is 19.1 Å². The molecule has 2 aromatic heterocycles. The first-order valence-electron chi connectivity index (χ1n) is 7.64. The van der Waals surface area contributed by atoms with Crippen LogP contribution in [0, 0.1) is 12.8 Å². The average Bonchev–Trinajstić information content (AvgIpc) is 3.16. The van der Waals surface area contributed by atoms with E-state index in [0.29, 0.717) is 6.04 Å². The molecule has 0 bridgehead atoms. The van der Waals surface area contributed by atoms with Crippen molar-refractivity contribution in [2.75, 3.05) is 24.5 Å². The fourth-order valence-electron chi connectivity index (χ4n) is 3.55. The number of piperidine rings is 1. The monoisotopic (exact) mass is 284 g/mol. The standard InChI is InChI=1S/C15H20N6/c1-10-12(5-2-6-17-10)14-18-15(20-19-14)21-7-3-4-11-8-16-9-13(11)21/h2,5-6,11,13,16H,3-4,7-9H2,1H3,(H,18,19,20). The van der Waals surface area contributed by atoms with Crippen LogP contribution in [0.5, 0.6) is 0 Å². The van der Waals surface area contributed by atoms with Gasteiger partial charge in [0.15, 0.2) is 5.82 Å². The van der Waals surface area contributed by atoms with Crippen LogP contribution in [0.2, 0.25) is 0 Å². The Bertz CT molecular complexity index is 637. The van der Waals surface area contributed by atoms with E-state index < -0.39 is 0 Å². The minimum Gasteiger partial charge on any atom is -0.335 e. The third-order valence-electron chi connectivity index (χ3n) is 4.67. The van der Waals surface area contributed by atoms with Gasteiger partial charge in [-0.25, -0.2) is 0 Å². The summed E-state index contributed by atoms with van der Waals surface area (Å²) in [6.07, 6.45) is 4.33. The highest BCUT2D eigenvalue weighted by molar-refractivity contribution is 5.58. The van der Waals surface area contributed by atoms with Crippen LogP contribution in [0.15, 0.2) is 18.3 Å². The molecule has 4 heterocycles. The summed E-state index contributed by atoms with van der Waals surface area (Å²) >= 11 is 0. The van der Waals surface area contributed by atoms with Crippen molar-refractivity contribution >= 4 is 5.95 Å². The molecule has 2 unspecified atom stereocenters. The topological polar surface area (TPSA) is 69.7 Å². The summed E-state index contributed by atoms with van der Waals surface area (Å²) in [5.74, 6) is 2.37. The van der Waals surface area contributed by atoms with E-state index >= 15 is 0 Å². The first kappa shape index (κ1) is 12.8. The third-order valence-corrected chi connectivity index (χ3v) is 4.67. The van der Waals surface area contributed by atoms with E-state index in [2.05, 4.69) is 25.4 Å². The summed E-state index contributed by atoms with van der Waals surface area (Å²) in [6.45, 7) is 5.21. The maximum absolute atomic E-state index is 4.72. The molecule has 6 nitrogen and oxygen atoms in total. The molecule has 2 aromatic rings. The molecule has 2 aliphatic rings. The molecule has 0 aromatic carbocycles. The lowest BCUT2D eigenvalue weighted by Gasteiger charge is -2.36. The number of hydrogen-bond acceptors (Lipinski definition) is 5. The molecule has 0 amide bonds. The third kappa shape index (κ3) is 2.19. The maximum atomic E-state index is 4.72. The molecule has 0 spiro atoms. The van der Waals surface area contributed by atoms with Crippen LogP contribution in [-0.2, 0) is 0 Å². The van der Waals surface area contributed by atoms with Gasteiger partial charge in [0.2, 0.25) is 5.95 Å². The second-order valence-electron chi connectivity index (χ2n) is 5.94. The summed E-state index contributed by atoms with van der Waals surface area (Å²) in [5, 5.41) is 11.0. The number of nitrogens with one attached hydrogen (secondary N) is 2. The van der Waals surface area contributed by atoms with Crippen molar-refractivity contribution in [3.63, 3.8) is 0 Å². The number of anilines is 1. The number of aromatic amines is 1. The normalized spacial score (nSPS) is 25.1. The van der Waals surface area contributed by atoms with Crippen LogP contribution < -0.4 is 10.2 Å². The maximum Gasteiger partial charge on any atom is 0.245 e. The van der Waals surface area contributed by atoms with E-state index in [-0.39, 0.29) is 0 Å². The number of pyridine rings is 1. The van der Waals surface area contributed by atoms with Gasteiger partial charge < -0.3 is 10.2 Å². The van der Waals surface area contributed by atoms with Crippen LogP contribution in [0.3, 0.4) is 0 Å². The van der Waals surface area contributed by atoms with Gasteiger partial charge in [-0.1, -0.05) is 0 Å². The number of aryl methyl sites for hydroxylation is 1. The van der Waals surface area contributed by atoms with Crippen LogP contribution >= 0.6 is 0 Å². The highest BCUT2D eigenvalue weighted by Gasteiger charge is 2.36. The molecule has 0 aliphatic carbocycles. The van der Waals surface area contributed by atoms with Gasteiger partial charge >= 0.3 is 0 Å². The summed E-state index contributed by atoms with van der Waals surface area (Å²) in [4.78, 5) is 11.4. The summed E-state index contributed by atoms with van der Waals surface area (Å²) in [5.41, 5.74) is 1.99. The molecule has 0 saturated carbocycles. The molecule has 2 saturated heterocycles. The lowest BCUT2D eigenvalue weighted by molar-refractivity contribution is 0.381. The van der Waals surface area contributed by atoms with Crippen molar-refractivity contribution in [3.05, 3.63) is 24.0 Å². The van der Waals surface area contributed by atoms with Crippen molar-refractivity contribution in [3.8, 4) is 11.4 Å². The number of rotatable bonds is 2. The number of hydrogen-bond donors (Lipinski definition) is 2. The fourth-order valence-corrected chi connectivity index (χ4v) is 3.55. The molecule has 2 aliphatic heterocycles. The van der Waals surface area contributed by atoms with Crippen molar-refractivity contribution < 1.29 is 0 Å². The van der Waals surface area contributed by atoms with Gasteiger partial charge in [-0.2, -0.15) is 4.98 Å². The van der Waals surface area contributed by atoms with Crippen molar-refractivity contribution in [1.29, 1.82) is 0 Å². The number of H-pyrrole nitrogens is 1. The van der Waals surface area contributed by atoms with E-state index in [1.165, 1.54) is 12.8 Å². The number of nitrogens with zero attached hydrogens (tertiary/aromatic N) is 4. The fraction of sp³-hybridized carbons (Fsp3) is 0.533. The molecule has 0 radical (unpaired) electrons. The second-order valence-corrected chi connectivity index (χ2v) is 5.94. The lowest BCUT2D eigenvalue weighted by atomic mass is 9.92. The Morgan fingerprint density at radius 2 is 2.29 bits per heavy atom. The van der Waals surface area contributed by atoms with Crippen LogP contribution in [0.25, 0.3) is 11.4 Å². The lowest BCUT2D eigenvalue weighted by Crippen LogP contribution is -2.45. The van der Waals surface area contributed by atoms with Gasteiger partial charge in [0, 0.05) is 43.1 Å². The molecule has 21 heavy (non-hydrogen) atoms. The van der Waals surface area contributed by atoms with Gasteiger partial charge in [-0.3, -0.25) is 10.1 Å². The zero-order chi connectivity index (χ0) is 14.2. The minimum absolute atomic E-state index is 0.539. The molecular formula is C15H20N6. The SMILES string of the molecule is Cc1ncccc1-c1nc(N2CCCC3CNCC32)n[nH]1. The zero-order valence-electron chi connectivity index (χ0n) is 12.2. The zero-order valence-corrected chi connectivity index (χ0v) is 12.2.